The van der Waals surface area contributed by atoms with E-state index in [1.807, 2.05) is 20.8 Å². The van der Waals surface area contributed by atoms with E-state index in [1.54, 1.807) is 26.8 Å². The van der Waals surface area contributed by atoms with E-state index in [-0.39, 0.29) is 57.9 Å². The van der Waals surface area contributed by atoms with Crippen molar-refractivity contribution in [3.63, 3.8) is 0 Å². The lowest BCUT2D eigenvalue weighted by Crippen LogP contribution is -2.18. The van der Waals surface area contributed by atoms with Gasteiger partial charge in [-0.3, -0.25) is 24.5 Å². The van der Waals surface area contributed by atoms with Gasteiger partial charge in [-0.05, 0) is 83.0 Å². The maximum absolute atomic E-state index is 13.3. The van der Waals surface area contributed by atoms with Crippen molar-refractivity contribution in [2.24, 2.45) is 5.73 Å². The van der Waals surface area contributed by atoms with Gasteiger partial charge in [-0.15, -0.1) is 0 Å². The molecule has 0 aromatic heterocycles. The molecular formula is C32H38N4O8. The van der Waals surface area contributed by atoms with Gasteiger partial charge in [-0.25, -0.2) is 0 Å². The van der Waals surface area contributed by atoms with Crippen LogP contribution in [0.4, 0.5) is 17.1 Å². The number of nitrogens with one attached hydrogen (secondary N) is 2. The smallest absolute Gasteiger partial charge is 0.310 e. The molecule has 3 rings (SSSR count). The quantitative estimate of drug-likeness (QED) is 0.141. The molecule has 4 N–H and O–H groups in total. The summed E-state index contributed by atoms with van der Waals surface area (Å²) >= 11 is 0. The van der Waals surface area contributed by atoms with E-state index >= 15 is 0 Å². The van der Waals surface area contributed by atoms with Gasteiger partial charge in [0.15, 0.2) is 5.75 Å². The maximum Gasteiger partial charge on any atom is 0.310 e. The Morgan fingerprint density at radius 3 is 1.64 bits per heavy atom. The summed E-state index contributed by atoms with van der Waals surface area (Å²) in [5, 5.41) is 17.0. The molecule has 12 nitrogen and oxygen atoms in total. The van der Waals surface area contributed by atoms with Crippen LogP contribution in [0.2, 0.25) is 0 Å². The van der Waals surface area contributed by atoms with Gasteiger partial charge in [0.2, 0.25) is 5.91 Å². The molecule has 3 aromatic rings. The number of nitrogens with zero attached hydrogens (tertiary/aromatic N) is 1. The molecule has 0 radical (unpaired) electrons. The van der Waals surface area contributed by atoms with Gasteiger partial charge in [0.25, 0.3) is 11.8 Å². The molecule has 0 saturated heterocycles. The van der Waals surface area contributed by atoms with Gasteiger partial charge >= 0.3 is 5.69 Å². The maximum atomic E-state index is 13.3. The summed E-state index contributed by atoms with van der Waals surface area (Å²) in [5.41, 5.74) is 6.41. The molecular weight excluding hydrogens is 568 g/mol. The van der Waals surface area contributed by atoms with Crippen LogP contribution in [0.15, 0.2) is 54.6 Å². The molecule has 0 heterocycles. The Bertz CT molecular complexity index is 1540. The summed E-state index contributed by atoms with van der Waals surface area (Å²) in [6, 6.07) is 12.9. The third-order valence-electron chi connectivity index (χ3n) is 6.59. The Morgan fingerprint density at radius 1 is 0.727 bits per heavy atom. The van der Waals surface area contributed by atoms with Crippen molar-refractivity contribution in [1.82, 2.24) is 0 Å². The highest BCUT2D eigenvalue weighted by atomic mass is 16.6. The highest BCUT2D eigenvalue weighted by Crippen LogP contribution is 2.33. The van der Waals surface area contributed by atoms with E-state index in [2.05, 4.69) is 10.6 Å². The summed E-state index contributed by atoms with van der Waals surface area (Å²) in [6.07, 6.45) is 0.542. The minimum atomic E-state index is -0.627. The Hall–Kier alpha value is -5.13. The Morgan fingerprint density at radius 2 is 1.16 bits per heavy atom. The standard InChI is InChI=1S/C32H38N4O8/c1-7-19(5)43-28-15-21(30(33)37)9-12-25(28)35-31(38)22-10-13-24(27(16-22)42-18(3)4)34-32(39)23-11-14-26(36(40)41)29(17-23)44-20(6)8-2/h9-20H,7-8H2,1-6H3,(H2,33,37)(H,34,39)(H,35,38). The van der Waals surface area contributed by atoms with Crippen molar-refractivity contribution < 1.29 is 33.5 Å². The van der Waals surface area contributed by atoms with E-state index in [9.17, 15) is 24.5 Å². The SMILES string of the molecule is CCC(C)Oc1cc(C(N)=O)ccc1NC(=O)c1ccc(NC(=O)c2ccc([N+](=O)[O-])c(OC(C)CC)c2)c(OC(C)C)c1. The molecule has 12 heteroatoms. The number of amides is 3. The fourth-order valence-corrected chi connectivity index (χ4v) is 3.88. The molecule has 0 aliphatic rings. The van der Waals surface area contributed by atoms with Crippen molar-refractivity contribution in [3.8, 4) is 17.2 Å². The minimum Gasteiger partial charge on any atom is -0.489 e. The van der Waals surface area contributed by atoms with Gasteiger partial charge in [-0.1, -0.05) is 13.8 Å². The molecule has 0 aliphatic carbocycles. The molecule has 3 aromatic carbocycles. The third-order valence-corrected chi connectivity index (χ3v) is 6.59. The van der Waals surface area contributed by atoms with E-state index < -0.39 is 22.6 Å². The Balaban J connectivity index is 1.90. The second kappa shape index (κ2) is 14.9. The van der Waals surface area contributed by atoms with E-state index in [4.69, 9.17) is 19.9 Å². The number of carbonyl (C=O) groups excluding carboxylic acids is 3. The topological polar surface area (TPSA) is 172 Å². The Labute approximate surface area is 256 Å². The number of hydrogen-bond acceptors (Lipinski definition) is 8. The number of hydrogen-bond donors (Lipinski definition) is 3. The van der Waals surface area contributed by atoms with Crippen molar-refractivity contribution in [2.75, 3.05) is 10.6 Å². The fourth-order valence-electron chi connectivity index (χ4n) is 3.88. The monoisotopic (exact) mass is 606 g/mol. The van der Waals surface area contributed by atoms with Crippen molar-refractivity contribution in [2.45, 2.75) is 72.7 Å². The zero-order valence-corrected chi connectivity index (χ0v) is 25.6. The van der Waals surface area contributed by atoms with Crippen molar-refractivity contribution in [1.29, 1.82) is 0 Å². The van der Waals surface area contributed by atoms with Crippen molar-refractivity contribution >= 4 is 34.8 Å². The number of benzene rings is 3. The number of carbonyl (C=O) groups is 3. The van der Waals surface area contributed by atoms with Gasteiger partial charge < -0.3 is 30.6 Å². The Kier molecular flexibility index (Phi) is 11.3. The van der Waals surface area contributed by atoms with E-state index in [0.717, 1.165) is 0 Å². The zero-order chi connectivity index (χ0) is 32.6. The number of nitro groups is 1. The lowest BCUT2D eigenvalue weighted by molar-refractivity contribution is -0.386. The van der Waals surface area contributed by atoms with Gasteiger partial charge in [0.1, 0.15) is 11.5 Å². The van der Waals surface area contributed by atoms with Crippen LogP contribution in [0.1, 0.15) is 85.5 Å². The van der Waals surface area contributed by atoms with Gasteiger partial charge in [-0.2, -0.15) is 0 Å². The largest absolute Gasteiger partial charge is 0.489 e. The number of rotatable bonds is 14. The first-order valence-electron chi connectivity index (χ1n) is 14.3. The van der Waals surface area contributed by atoms with Gasteiger partial charge in [0, 0.05) is 28.8 Å². The number of anilines is 2. The van der Waals surface area contributed by atoms with E-state index in [0.29, 0.717) is 24.3 Å². The zero-order valence-electron chi connectivity index (χ0n) is 25.6. The predicted octanol–water partition coefficient (Wildman–Crippen LogP) is 6.34. The molecule has 0 spiro atoms. The molecule has 0 saturated carbocycles. The van der Waals surface area contributed by atoms with Crippen LogP contribution in [-0.2, 0) is 0 Å². The lowest BCUT2D eigenvalue weighted by Gasteiger charge is -2.19. The second-order valence-corrected chi connectivity index (χ2v) is 10.5. The summed E-state index contributed by atoms with van der Waals surface area (Å²) < 4.78 is 17.5. The molecule has 44 heavy (non-hydrogen) atoms. The predicted molar refractivity (Wildman–Crippen MR) is 167 cm³/mol. The normalized spacial score (nSPS) is 12.2. The third kappa shape index (κ3) is 8.69. The summed E-state index contributed by atoms with van der Waals surface area (Å²) in [5.74, 6) is -1.15. The number of ether oxygens (including phenoxy) is 3. The fraction of sp³-hybridized carbons (Fsp3) is 0.344. The molecule has 0 aliphatic heterocycles. The summed E-state index contributed by atoms with van der Waals surface area (Å²) in [4.78, 5) is 49.1. The molecule has 0 bridgehead atoms. The van der Waals surface area contributed by atoms with Crippen LogP contribution in [0, 0.1) is 10.1 Å². The highest BCUT2D eigenvalue weighted by Gasteiger charge is 2.22. The summed E-state index contributed by atoms with van der Waals surface area (Å²) in [6.45, 7) is 11.1. The van der Waals surface area contributed by atoms with E-state index in [1.165, 1.54) is 48.5 Å². The molecule has 3 amide bonds. The minimum absolute atomic E-state index is 0.0109. The lowest BCUT2D eigenvalue weighted by atomic mass is 10.1. The highest BCUT2D eigenvalue weighted by molar-refractivity contribution is 6.08. The first-order valence-corrected chi connectivity index (χ1v) is 14.3. The van der Waals surface area contributed by atoms with Gasteiger partial charge in [0.05, 0.1) is 34.6 Å². The second-order valence-electron chi connectivity index (χ2n) is 10.5. The van der Waals surface area contributed by atoms with Crippen molar-refractivity contribution in [3.05, 3.63) is 81.4 Å². The first kappa shape index (κ1) is 33.4. The van der Waals surface area contributed by atoms with Crippen LogP contribution in [0.3, 0.4) is 0 Å². The average molecular weight is 607 g/mol. The number of primary amides is 1. The van der Waals surface area contributed by atoms with Crippen LogP contribution < -0.4 is 30.6 Å². The average Bonchev–Trinajstić information content (AvgIpc) is 2.97. The van der Waals surface area contributed by atoms with Crippen LogP contribution in [0.25, 0.3) is 0 Å². The molecule has 234 valence electrons. The number of nitrogens with two attached hydrogens (primary N) is 1. The molecule has 2 unspecified atom stereocenters. The summed E-state index contributed by atoms with van der Waals surface area (Å²) in [7, 11) is 0. The molecule has 0 fully saturated rings. The first-order chi connectivity index (χ1) is 20.8. The molecule has 2 atom stereocenters. The van der Waals surface area contributed by atoms with Crippen LogP contribution in [0.5, 0.6) is 17.2 Å². The van der Waals surface area contributed by atoms with Crippen LogP contribution in [-0.4, -0.2) is 41.0 Å². The number of nitro benzene ring substituents is 1. The van der Waals surface area contributed by atoms with Crippen LogP contribution >= 0.6 is 0 Å².